The molecule has 0 aliphatic heterocycles. The van der Waals surface area contributed by atoms with Crippen LogP contribution in [-0.4, -0.2) is 38.8 Å². The van der Waals surface area contributed by atoms with Crippen molar-refractivity contribution in [3.63, 3.8) is 0 Å². The minimum atomic E-state index is -2.02. The number of carbonyl (C=O) groups excluding carboxylic acids is 1. The molecule has 1 amide bonds. The monoisotopic (exact) mass is 395 g/mol. The highest BCUT2D eigenvalue weighted by Crippen LogP contribution is 2.42. The second-order valence-electron chi connectivity index (χ2n) is 8.04. The number of amides is 1. The maximum atomic E-state index is 12.2. The number of hydrogen-bond donors (Lipinski definition) is 2. The molecule has 1 rings (SSSR count). The molecule has 0 aromatic heterocycles. The lowest BCUT2D eigenvalue weighted by atomic mass is 10.2. The number of aliphatic hydroxyl groups is 1. The third kappa shape index (κ3) is 6.94. The molecule has 0 radical (unpaired) electrons. The van der Waals surface area contributed by atoms with Crippen LogP contribution < -0.4 is 5.32 Å². The van der Waals surface area contributed by atoms with Crippen molar-refractivity contribution in [1.82, 2.24) is 5.32 Å². The van der Waals surface area contributed by atoms with Gasteiger partial charge in [-0.05, 0) is 28.6 Å². The molecule has 6 heteroatoms. The van der Waals surface area contributed by atoms with Gasteiger partial charge in [0, 0.05) is 6.61 Å². The Morgan fingerprint density at radius 1 is 1.04 bits per heavy atom. The number of nitrogens with one attached hydrogen (secondary N) is 1. The van der Waals surface area contributed by atoms with Gasteiger partial charge >= 0.3 is 6.09 Å². The number of benzene rings is 1. The van der Waals surface area contributed by atoms with E-state index in [4.69, 9.17) is 9.16 Å². The van der Waals surface area contributed by atoms with E-state index in [1.807, 2.05) is 30.3 Å². The fourth-order valence-corrected chi connectivity index (χ4v) is 9.52. The lowest BCUT2D eigenvalue weighted by molar-refractivity contribution is 0.125. The summed E-state index contributed by atoms with van der Waals surface area (Å²) in [6, 6.07) is 9.30. The lowest BCUT2D eigenvalue weighted by Crippen LogP contribution is -2.51. The number of hydrogen-bond acceptors (Lipinski definition) is 4. The zero-order valence-corrected chi connectivity index (χ0v) is 18.7. The Kier molecular flexibility index (Phi) is 10.0. The van der Waals surface area contributed by atoms with Crippen LogP contribution in [0.3, 0.4) is 0 Å². The number of rotatable bonds is 11. The highest BCUT2D eigenvalue weighted by molar-refractivity contribution is 6.77. The van der Waals surface area contributed by atoms with E-state index in [1.165, 1.54) is 0 Å². The van der Waals surface area contributed by atoms with E-state index in [-0.39, 0.29) is 19.3 Å². The molecular weight excluding hydrogens is 358 g/mol. The first-order valence-corrected chi connectivity index (χ1v) is 12.1. The average molecular weight is 396 g/mol. The topological polar surface area (TPSA) is 67.8 Å². The molecule has 1 aromatic carbocycles. The van der Waals surface area contributed by atoms with Crippen LogP contribution in [0.1, 0.15) is 53.5 Å². The van der Waals surface area contributed by atoms with Crippen LogP contribution in [0.2, 0.25) is 16.6 Å². The van der Waals surface area contributed by atoms with Crippen molar-refractivity contribution >= 4 is 14.4 Å². The number of ether oxygens (including phenoxy) is 1. The Balaban J connectivity index is 2.67. The molecule has 27 heavy (non-hydrogen) atoms. The molecule has 154 valence electrons. The van der Waals surface area contributed by atoms with Crippen molar-refractivity contribution in [3.05, 3.63) is 35.9 Å². The zero-order valence-electron chi connectivity index (χ0n) is 17.7. The summed E-state index contributed by atoms with van der Waals surface area (Å²) in [5, 5.41) is 12.2. The van der Waals surface area contributed by atoms with Crippen LogP contribution in [0, 0.1) is 0 Å². The number of carbonyl (C=O) groups is 1. The zero-order chi connectivity index (χ0) is 20.4. The smallest absolute Gasteiger partial charge is 0.407 e. The normalized spacial score (nSPS) is 13.3. The van der Waals surface area contributed by atoms with Gasteiger partial charge in [-0.1, -0.05) is 71.9 Å². The molecule has 0 bridgehead atoms. The van der Waals surface area contributed by atoms with Gasteiger partial charge in [-0.15, -0.1) is 0 Å². The van der Waals surface area contributed by atoms with Gasteiger partial charge in [0.25, 0.3) is 0 Å². The van der Waals surface area contributed by atoms with E-state index in [0.29, 0.717) is 29.7 Å². The lowest BCUT2D eigenvalue weighted by Gasteiger charge is -2.43. The molecule has 0 saturated carbocycles. The van der Waals surface area contributed by atoms with Gasteiger partial charge in [-0.3, -0.25) is 0 Å². The van der Waals surface area contributed by atoms with Gasteiger partial charge in [0.1, 0.15) is 6.61 Å². The summed E-state index contributed by atoms with van der Waals surface area (Å²) in [5.74, 6) is 0. The molecule has 1 atom stereocenters. The van der Waals surface area contributed by atoms with Crippen molar-refractivity contribution < 1.29 is 19.1 Å². The second kappa shape index (κ2) is 11.5. The molecule has 0 unspecified atom stereocenters. The van der Waals surface area contributed by atoms with Crippen LogP contribution in [0.5, 0.6) is 0 Å². The summed E-state index contributed by atoms with van der Waals surface area (Å²) in [5.41, 5.74) is 2.35. The highest BCUT2D eigenvalue weighted by Gasteiger charge is 2.45. The van der Waals surface area contributed by atoms with Crippen molar-refractivity contribution in [3.8, 4) is 0 Å². The van der Waals surface area contributed by atoms with Crippen LogP contribution in [-0.2, 0) is 15.8 Å². The van der Waals surface area contributed by atoms with E-state index in [1.54, 1.807) is 0 Å². The van der Waals surface area contributed by atoms with Gasteiger partial charge < -0.3 is 19.6 Å². The van der Waals surface area contributed by atoms with Gasteiger partial charge in [-0.25, -0.2) is 4.79 Å². The van der Waals surface area contributed by atoms with Crippen LogP contribution in [0.15, 0.2) is 30.3 Å². The molecule has 0 spiro atoms. The molecule has 0 aliphatic rings. The minimum Gasteiger partial charge on any atom is -0.445 e. The van der Waals surface area contributed by atoms with E-state index in [2.05, 4.69) is 46.9 Å². The molecule has 2 N–H and O–H groups in total. The standard InChI is InChI=1S/C21H37NO4Si/c1-16(2)27(17(3)4,18(5)6)26-15-20(12-13-23)22-21(24)25-14-19-10-8-7-9-11-19/h7-11,16-18,20,23H,12-15H2,1-6H3,(H,22,24)/t20-/m1/s1. The Morgan fingerprint density at radius 2 is 1.59 bits per heavy atom. The molecule has 5 nitrogen and oxygen atoms in total. The first-order valence-electron chi connectivity index (χ1n) is 9.96. The van der Waals surface area contributed by atoms with Crippen LogP contribution in [0.4, 0.5) is 4.79 Å². The van der Waals surface area contributed by atoms with Gasteiger partial charge in [0.05, 0.1) is 12.6 Å². The highest BCUT2D eigenvalue weighted by atomic mass is 28.4. The van der Waals surface area contributed by atoms with Gasteiger partial charge in [0.15, 0.2) is 8.32 Å². The number of aliphatic hydroxyl groups excluding tert-OH is 1. The van der Waals surface area contributed by atoms with Gasteiger partial charge in [-0.2, -0.15) is 0 Å². The third-order valence-electron chi connectivity index (χ3n) is 5.25. The van der Waals surface area contributed by atoms with Crippen LogP contribution in [0.25, 0.3) is 0 Å². The summed E-state index contributed by atoms with van der Waals surface area (Å²) in [7, 11) is -2.02. The Bertz CT molecular complexity index is 527. The minimum absolute atomic E-state index is 0.00736. The fraction of sp³-hybridized carbons (Fsp3) is 0.667. The Hall–Kier alpha value is -1.37. The van der Waals surface area contributed by atoms with E-state index in [0.717, 1.165) is 5.56 Å². The van der Waals surface area contributed by atoms with Crippen molar-refractivity contribution in [2.75, 3.05) is 13.2 Å². The second-order valence-corrected chi connectivity index (χ2v) is 13.5. The molecule has 0 fully saturated rings. The van der Waals surface area contributed by atoms with Gasteiger partial charge in [0.2, 0.25) is 0 Å². The van der Waals surface area contributed by atoms with E-state index < -0.39 is 14.4 Å². The van der Waals surface area contributed by atoms with E-state index >= 15 is 0 Å². The largest absolute Gasteiger partial charge is 0.445 e. The molecule has 0 aliphatic carbocycles. The summed E-state index contributed by atoms with van der Waals surface area (Å²) < 4.78 is 11.9. The van der Waals surface area contributed by atoms with E-state index in [9.17, 15) is 9.90 Å². The predicted octanol–water partition coefficient (Wildman–Crippen LogP) is 4.86. The maximum Gasteiger partial charge on any atom is 0.407 e. The molecule has 1 aromatic rings. The van der Waals surface area contributed by atoms with Crippen molar-refractivity contribution in [1.29, 1.82) is 0 Å². The summed E-state index contributed by atoms with van der Waals surface area (Å²) in [4.78, 5) is 12.2. The third-order valence-corrected chi connectivity index (χ3v) is 11.3. The number of alkyl carbamates (subject to hydrolysis) is 1. The average Bonchev–Trinajstić information content (AvgIpc) is 2.60. The first-order chi connectivity index (χ1) is 12.7. The molecular formula is C21H37NO4Si. The molecule has 0 heterocycles. The van der Waals surface area contributed by atoms with Crippen molar-refractivity contribution in [2.45, 2.75) is 77.2 Å². The predicted molar refractivity (Wildman–Crippen MR) is 112 cm³/mol. The molecule has 0 saturated heterocycles. The summed E-state index contributed by atoms with van der Waals surface area (Å²) in [6.07, 6.45) is -0.0362. The summed E-state index contributed by atoms with van der Waals surface area (Å²) in [6.45, 7) is 14.0. The fourth-order valence-electron chi connectivity index (χ4n) is 4.03. The SMILES string of the molecule is CC(C)[Si](OC[C@@H](CCO)NC(=O)OCc1ccccc1)(C(C)C)C(C)C. The summed E-state index contributed by atoms with van der Waals surface area (Å²) >= 11 is 0. The first kappa shape index (κ1) is 23.7. The maximum absolute atomic E-state index is 12.2. The Labute approximate surface area is 165 Å². The van der Waals surface area contributed by atoms with Crippen LogP contribution >= 0.6 is 0 Å². The Morgan fingerprint density at radius 3 is 2.07 bits per heavy atom. The quantitative estimate of drug-likeness (QED) is 0.525. The van der Waals surface area contributed by atoms with Crippen molar-refractivity contribution in [2.24, 2.45) is 0 Å².